The average Bonchev–Trinajstić information content (AvgIpc) is 2.87. The fraction of sp³-hybridized carbons (Fsp3) is 0.294. The number of carbonyl (C=O) groups excluding carboxylic acids is 3. The Balaban J connectivity index is 1.96. The van der Waals surface area contributed by atoms with Gasteiger partial charge in [0, 0.05) is 5.57 Å². The summed E-state index contributed by atoms with van der Waals surface area (Å²) in [6.45, 7) is 1.54. The van der Waals surface area contributed by atoms with Crippen molar-refractivity contribution in [3.8, 4) is 0 Å². The quantitative estimate of drug-likeness (QED) is 0.555. The number of allylic oxidation sites excluding steroid dienone is 3. The number of likely N-dealkylation sites (tertiary alicyclic amines) is 1. The van der Waals surface area contributed by atoms with Crippen molar-refractivity contribution in [3.63, 3.8) is 0 Å². The summed E-state index contributed by atoms with van der Waals surface area (Å²) in [6.07, 6.45) is 5.65. The van der Waals surface area contributed by atoms with Gasteiger partial charge in [0.05, 0.1) is 39.8 Å². The van der Waals surface area contributed by atoms with Crippen LogP contribution in [0.4, 0.5) is 0 Å². The Morgan fingerprint density at radius 3 is 2.65 bits per heavy atom. The van der Waals surface area contributed by atoms with Crippen molar-refractivity contribution in [2.24, 2.45) is 5.92 Å². The lowest BCUT2D eigenvalue weighted by molar-refractivity contribution is -0.139. The highest BCUT2D eigenvalue weighted by molar-refractivity contribution is 6.49. The molecule has 1 unspecified atom stereocenters. The molecule has 0 bridgehead atoms. The molecular weight excluding hydrogens is 403 g/mol. The first-order valence-electron chi connectivity index (χ1n) is 7.79. The van der Waals surface area contributed by atoms with E-state index in [2.05, 4.69) is 4.98 Å². The third-order valence-corrected chi connectivity index (χ3v) is 5.43. The van der Waals surface area contributed by atoms with Crippen LogP contribution in [0.25, 0.3) is 0 Å². The largest absolute Gasteiger partial charge is 0.461 e. The monoisotopic (exact) mass is 414 g/mol. The van der Waals surface area contributed by atoms with Crippen molar-refractivity contribution in [1.82, 2.24) is 9.88 Å². The number of esters is 1. The van der Waals surface area contributed by atoms with E-state index in [0.29, 0.717) is 12.0 Å². The topological polar surface area (TPSA) is 76.6 Å². The molecule has 1 atom stereocenters. The van der Waals surface area contributed by atoms with E-state index in [4.69, 9.17) is 39.5 Å². The molecule has 0 saturated carbocycles. The minimum atomic E-state index is -0.767. The number of aromatic nitrogens is 1. The summed E-state index contributed by atoms with van der Waals surface area (Å²) in [5.41, 5.74) is 0.313. The summed E-state index contributed by atoms with van der Waals surface area (Å²) in [4.78, 5) is 42.2. The van der Waals surface area contributed by atoms with Gasteiger partial charge in [-0.2, -0.15) is 0 Å². The van der Waals surface area contributed by atoms with Crippen LogP contribution in [0.15, 0.2) is 23.8 Å². The second kappa shape index (κ2) is 7.39. The second-order valence-electron chi connectivity index (χ2n) is 5.64. The van der Waals surface area contributed by atoms with Crippen LogP contribution in [0, 0.1) is 5.92 Å². The van der Waals surface area contributed by atoms with Crippen molar-refractivity contribution >= 4 is 52.6 Å². The third kappa shape index (κ3) is 3.13. The lowest BCUT2D eigenvalue weighted by Crippen LogP contribution is -2.31. The first-order chi connectivity index (χ1) is 12.4. The van der Waals surface area contributed by atoms with Crippen LogP contribution in [-0.4, -0.2) is 34.3 Å². The zero-order chi connectivity index (χ0) is 19.0. The van der Waals surface area contributed by atoms with E-state index in [0.717, 1.165) is 4.90 Å². The molecule has 1 aliphatic carbocycles. The first-order valence-corrected chi connectivity index (χ1v) is 8.93. The summed E-state index contributed by atoms with van der Waals surface area (Å²) in [5.74, 6) is -2.02. The van der Waals surface area contributed by atoms with Crippen LogP contribution < -0.4 is 0 Å². The number of imide groups is 1. The van der Waals surface area contributed by atoms with Gasteiger partial charge in [-0.05, 0) is 13.3 Å². The summed E-state index contributed by atoms with van der Waals surface area (Å²) >= 11 is 18.3. The lowest BCUT2D eigenvalue weighted by atomic mass is 9.94. The van der Waals surface area contributed by atoms with Crippen LogP contribution in [0.1, 0.15) is 29.5 Å². The second-order valence-corrected chi connectivity index (χ2v) is 6.77. The molecule has 0 N–H and O–H groups in total. The molecule has 26 heavy (non-hydrogen) atoms. The Kier molecular flexibility index (Phi) is 5.37. The standard InChI is InChI=1S/C17H13Cl3N2O4/c1-2-26-17(25)14-13(20)12(19)11(18)10(21-14)7-22-15(23)8-5-3-4-6-9(8)16(22)24/h3-5,9H,2,6-7H2,1H3. The smallest absolute Gasteiger partial charge is 0.358 e. The molecule has 0 aromatic carbocycles. The Bertz CT molecular complexity index is 879. The van der Waals surface area contributed by atoms with Gasteiger partial charge in [0.15, 0.2) is 5.69 Å². The SMILES string of the molecule is CCOC(=O)c1nc(CN2C(=O)C3=CC=CCC3C2=O)c(Cl)c(Cl)c1Cl. The van der Waals surface area contributed by atoms with Crippen molar-refractivity contribution in [1.29, 1.82) is 0 Å². The number of fused-ring (bicyclic) bond motifs is 1. The molecule has 2 aliphatic rings. The van der Waals surface area contributed by atoms with Gasteiger partial charge in [0.25, 0.3) is 5.91 Å². The zero-order valence-corrected chi connectivity index (χ0v) is 15.9. The van der Waals surface area contributed by atoms with Crippen molar-refractivity contribution in [2.75, 3.05) is 6.61 Å². The van der Waals surface area contributed by atoms with E-state index in [1.165, 1.54) is 0 Å². The normalized spacial score (nSPS) is 18.8. The Labute approximate surface area is 164 Å². The minimum Gasteiger partial charge on any atom is -0.461 e. The van der Waals surface area contributed by atoms with Crippen LogP contribution in [-0.2, 0) is 20.9 Å². The molecule has 6 nitrogen and oxygen atoms in total. The molecule has 2 heterocycles. The van der Waals surface area contributed by atoms with Gasteiger partial charge < -0.3 is 4.74 Å². The highest BCUT2D eigenvalue weighted by atomic mass is 35.5. The summed E-state index contributed by atoms with van der Waals surface area (Å²) in [6, 6.07) is 0. The van der Waals surface area contributed by atoms with Gasteiger partial charge in [-0.15, -0.1) is 0 Å². The number of ether oxygens (including phenoxy) is 1. The van der Waals surface area contributed by atoms with Crippen LogP contribution in [0.5, 0.6) is 0 Å². The molecule has 1 aliphatic heterocycles. The number of halogens is 3. The van der Waals surface area contributed by atoms with Gasteiger partial charge in [-0.25, -0.2) is 9.78 Å². The molecule has 1 aromatic heterocycles. The van der Waals surface area contributed by atoms with E-state index >= 15 is 0 Å². The molecule has 1 fully saturated rings. The van der Waals surface area contributed by atoms with Gasteiger partial charge in [-0.3, -0.25) is 14.5 Å². The Morgan fingerprint density at radius 2 is 2.00 bits per heavy atom. The maximum Gasteiger partial charge on any atom is 0.358 e. The molecule has 1 aromatic rings. The number of hydrogen-bond acceptors (Lipinski definition) is 5. The lowest BCUT2D eigenvalue weighted by Gasteiger charge is -2.16. The maximum atomic E-state index is 12.5. The zero-order valence-electron chi connectivity index (χ0n) is 13.6. The predicted octanol–water partition coefficient (Wildman–Crippen LogP) is 3.59. The van der Waals surface area contributed by atoms with Gasteiger partial charge >= 0.3 is 5.97 Å². The predicted molar refractivity (Wildman–Crippen MR) is 96.1 cm³/mol. The third-order valence-electron chi connectivity index (χ3n) is 4.09. The number of nitrogens with zero attached hydrogens (tertiary/aromatic N) is 2. The number of amides is 2. The van der Waals surface area contributed by atoms with E-state index in [9.17, 15) is 14.4 Å². The van der Waals surface area contributed by atoms with Crippen molar-refractivity contribution in [2.45, 2.75) is 19.9 Å². The summed E-state index contributed by atoms with van der Waals surface area (Å²) < 4.78 is 4.90. The van der Waals surface area contributed by atoms with E-state index in [-0.39, 0.29) is 45.5 Å². The molecule has 1 saturated heterocycles. The highest BCUT2D eigenvalue weighted by Crippen LogP contribution is 2.37. The molecule has 136 valence electrons. The van der Waals surface area contributed by atoms with Crippen LogP contribution in [0.2, 0.25) is 15.1 Å². The number of hydrogen-bond donors (Lipinski definition) is 0. The first kappa shape index (κ1) is 18.9. The van der Waals surface area contributed by atoms with Gasteiger partial charge in [0.1, 0.15) is 0 Å². The Hall–Kier alpha value is -1.89. The average molecular weight is 416 g/mol. The molecule has 9 heteroatoms. The molecule has 0 radical (unpaired) electrons. The summed E-state index contributed by atoms with van der Waals surface area (Å²) in [5, 5.41) is -0.246. The van der Waals surface area contributed by atoms with Crippen molar-refractivity contribution in [3.05, 3.63) is 50.3 Å². The molecule has 0 spiro atoms. The van der Waals surface area contributed by atoms with Gasteiger partial charge in [0.2, 0.25) is 5.91 Å². The number of rotatable bonds is 4. The Morgan fingerprint density at radius 1 is 1.27 bits per heavy atom. The fourth-order valence-electron chi connectivity index (χ4n) is 2.83. The van der Waals surface area contributed by atoms with E-state index in [1.54, 1.807) is 19.1 Å². The molecular formula is C17H13Cl3N2O4. The number of carbonyl (C=O) groups is 3. The van der Waals surface area contributed by atoms with Crippen LogP contribution >= 0.6 is 34.8 Å². The minimum absolute atomic E-state index is 0.0210. The highest BCUT2D eigenvalue weighted by Gasteiger charge is 2.43. The number of pyridine rings is 1. The van der Waals surface area contributed by atoms with E-state index < -0.39 is 17.8 Å². The van der Waals surface area contributed by atoms with Crippen molar-refractivity contribution < 1.29 is 19.1 Å². The molecule has 3 rings (SSSR count). The van der Waals surface area contributed by atoms with Crippen LogP contribution in [0.3, 0.4) is 0 Å². The summed E-state index contributed by atoms with van der Waals surface area (Å²) in [7, 11) is 0. The molecule has 2 amide bonds. The fourth-order valence-corrected chi connectivity index (χ4v) is 3.48. The maximum absolute atomic E-state index is 12.5. The van der Waals surface area contributed by atoms with E-state index in [1.807, 2.05) is 6.08 Å². The van der Waals surface area contributed by atoms with Gasteiger partial charge in [-0.1, -0.05) is 53.0 Å².